The average molecular weight is 192 g/mol. The number of methoxy groups -OCH3 is 1. The van der Waals surface area contributed by atoms with E-state index in [-0.39, 0.29) is 12.5 Å². The molecule has 5 nitrogen and oxygen atoms in total. The van der Waals surface area contributed by atoms with Gasteiger partial charge < -0.3 is 14.9 Å². The summed E-state index contributed by atoms with van der Waals surface area (Å²) in [6.45, 7) is 2.98. The minimum absolute atomic E-state index is 0.104. The second-order valence-electron chi connectivity index (χ2n) is 2.38. The molecular formula is C8H16O5. The van der Waals surface area contributed by atoms with Crippen LogP contribution in [0.4, 0.5) is 0 Å². The van der Waals surface area contributed by atoms with Crippen LogP contribution in [0.2, 0.25) is 0 Å². The first-order chi connectivity index (χ1) is 5.93. The number of ether oxygens (including phenoxy) is 1. The van der Waals surface area contributed by atoms with Crippen molar-refractivity contribution in [3.63, 3.8) is 0 Å². The predicted molar refractivity (Wildman–Crippen MR) is 46.7 cm³/mol. The first-order valence-corrected chi connectivity index (χ1v) is 3.88. The zero-order valence-electron chi connectivity index (χ0n) is 8.11. The van der Waals surface area contributed by atoms with E-state index in [4.69, 9.17) is 19.7 Å². The molecule has 0 radical (unpaired) electrons. The lowest BCUT2D eigenvalue weighted by atomic mass is 10.2. The molecule has 0 aromatic carbocycles. The Balaban J connectivity index is 0. The highest BCUT2D eigenvalue weighted by molar-refractivity contribution is 5.67. The lowest BCUT2D eigenvalue weighted by Gasteiger charge is -2.07. The molecule has 0 aliphatic carbocycles. The molecule has 0 aromatic heterocycles. The zero-order valence-corrected chi connectivity index (χ0v) is 8.11. The average Bonchev–Trinajstić information content (AvgIpc) is 1.98. The highest BCUT2D eigenvalue weighted by atomic mass is 16.5. The third-order valence-electron chi connectivity index (χ3n) is 1.19. The summed E-state index contributed by atoms with van der Waals surface area (Å²) in [5, 5.41) is 15.7. The molecule has 0 rings (SSSR count). The van der Waals surface area contributed by atoms with Crippen molar-refractivity contribution in [1.82, 2.24) is 0 Å². The van der Waals surface area contributed by atoms with Crippen LogP contribution >= 0.6 is 0 Å². The highest BCUT2D eigenvalue weighted by Gasteiger charge is 2.07. The Labute approximate surface area is 77.3 Å². The number of hydrogen-bond donors (Lipinski definition) is 2. The Morgan fingerprint density at radius 3 is 1.85 bits per heavy atom. The molecule has 1 unspecified atom stereocenters. The molecule has 1 atom stereocenters. The number of carbonyl (C=O) groups is 2. The fourth-order valence-electron chi connectivity index (χ4n) is 0.589. The van der Waals surface area contributed by atoms with Gasteiger partial charge >= 0.3 is 5.97 Å². The van der Waals surface area contributed by atoms with Crippen molar-refractivity contribution in [2.75, 3.05) is 7.11 Å². The molecule has 0 aliphatic heterocycles. The number of hydrogen-bond acceptors (Lipinski definition) is 3. The van der Waals surface area contributed by atoms with Gasteiger partial charge in [-0.05, 0) is 6.42 Å². The van der Waals surface area contributed by atoms with Gasteiger partial charge in [0.2, 0.25) is 0 Å². The summed E-state index contributed by atoms with van der Waals surface area (Å²) in [6.07, 6.45) is 0.734. The maximum Gasteiger partial charge on any atom is 0.305 e. The maximum atomic E-state index is 10.0. The molecule has 5 heteroatoms. The van der Waals surface area contributed by atoms with Crippen LogP contribution in [0, 0.1) is 0 Å². The van der Waals surface area contributed by atoms with E-state index in [1.807, 2.05) is 6.92 Å². The van der Waals surface area contributed by atoms with Crippen LogP contribution in [0.1, 0.15) is 26.7 Å². The standard InChI is InChI=1S/C6H12O3.C2H4O2/c1-3-5(9-2)4-6(7)8;1-2(3)4/h5H,3-4H2,1-2H3,(H,7,8);1H3,(H,3,4). The molecule has 0 heterocycles. The van der Waals surface area contributed by atoms with E-state index in [0.29, 0.717) is 0 Å². The highest BCUT2D eigenvalue weighted by Crippen LogP contribution is 2.00. The molecule has 13 heavy (non-hydrogen) atoms. The minimum Gasteiger partial charge on any atom is -0.481 e. The topological polar surface area (TPSA) is 83.8 Å². The summed E-state index contributed by atoms with van der Waals surface area (Å²) in [7, 11) is 1.52. The van der Waals surface area contributed by atoms with E-state index in [0.717, 1.165) is 13.3 Å². The summed E-state index contributed by atoms with van der Waals surface area (Å²) >= 11 is 0. The smallest absolute Gasteiger partial charge is 0.305 e. The number of carboxylic acids is 2. The lowest BCUT2D eigenvalue weighted by Crippen LogP contribution is -2.14. The molecule has 0 aromatic rings. The Morgan fingerprint density at radius 1 is 1.38 bits per heavy atom. The second-order valence-corrected chi connectivity index (χ2v) is 2.38. The van der Waals surface area contributed by atoms with Gasteiger partial charge in [-0.2, -0.15) is 0 Å². The largest absolute Gasteiger partial charge is 0.481 e. The summed E-state index contributed by atoms with van der Waals surface area (Å²) in [4.78, 5) is 19.0. The van der Waals surface area contributed by atoms with Crippen molar-refractivity contribution < 1.29 is 24.5 Å². The van der Waals surface area contributed by atoms with Crippen LogP contribution in [0.5, 0.6) is 0 Å². The first-order valence-electron chi connectivity index (χ1n) is 3.88. The number of aliphatic carboxylic acids is 2. The van der Waals surface area contributed by atoms with E-state index >= 15 is 0 Å². The molecule has 0 spiro atoms. The predicted octanol–water partition coefficient (Wildman–Crippen LogP) is 0.977. The van der Waals surface area contributed by atoms with E-state index < -0.39 is 11.9 Å². The van der Waals surface area contributed by atoms with Gasteiger partial charge in [-0.25, -0.2) is 0 Å². The van der Waals surface area contributed by atoms with E-state index in [1.54, 1.807) is 0 Å². The van der Waals surface area contributed by atoms with Crippen molar-refractivity contribution in [3.05, 3.63) is 0 Å². The van der Waals surface area contributed by atoms with Gasteiger partial charge in [0.05, 0.1) is 12.5 Å². The maximum absolute atomic E-state index is 10.0. The summed E-state index contributed by atoms with van der Waals surface area (Å²) in [6, 6.07) is 0. The molecule has 0 aliphatic rings. The molecule has 78 valence electrons. The van der Waals surface area contributed by atoms with E-state index in [1.165, 1.54) is 7.11 Å². The fraction of sp³-hybridized carbons (Fsp3) is 0.750. The third-order valence-corrected chi connectivity index (χ3v) is 1.19. The monoisotopic (exact) mass is 192 g/mol. The van der Waals surface area contributed by atoms with Gasteiger partial charge in [-0.15, -0.1) is 0 Å². The van der Waals surface area contributed by atoms with Gasteiger partial charge in [-0.1, -0.05) is 6.92 Å². The van der Waals surface area contributed by atoms with Crippen LogP contribution < -0.4 is 0 Å². The van der Waals surface area contributed by atoms with Gasteiger partial charge in [-0.3, -0.25) is 9.59 Å². The van der Waals surface area contributed by atoms with E-state index in [9.17, 15) is 4.79 Å². The van der Waals surface area contributed by atoms with Crippen molar-refractivity contribution in [1.29, 1.82) is 0 Å². The number of rotatable bonds is 4. The quantitative estimate of drug-likeness (QED) is 0.693. The lowest BCUT2D eigenvalue weighted by molar-refractivity contribution is -0.139. The molecule has 0 amide bonds. The van der Waals surface area contributed by atoms with Crippen molar-refractivity contribution in [3.8, 4) is 0 Å². The summed E-state index contributed by atoms with van der Waals surface area (Å²) in [5.74, 6) is -1.64. The fourth-order valence-corrected chi connectivity index (χ4v) is 0.589. The van der Waals surface area contributed by atoms with Crippen molar-refractivity contribution in [2.24, 2.45) is 0 Å². The Bertz CT molecular complexity index is 147. The van der Waals surface area contributed by atoms with Gasteiger partial charge in [0.15, 0.2) is 0 Å². The molecule has 0 bridgehead atoms. The zero-order chi connectivity index (χ0) is 10.9. The Kier molecular flexibility index (Phi) is 9.98. The van der Waals surface area contributed by atoms with Crippen LogP contribution in [-0.4, -0.2) is 35.4 Å². The summed E-state index contributed by atoms with van der Waals surface area (Å²) in [5.41, 5.74) is 0. The molecule has 0 saturated carbocycles. The van der Waals surface area contributed by atoms with Crippen LogP contribution in [-0.2, 0) is 14.3 Å². The van der Waals surface area contributed by atoms with Crippen LogP contribution in [0.25, 0.3) is 0 Å². The minimum atomic E-state index is -0.833. The van der Waals surface area contributed by atoms with Gasteiger partial charge in [0.25, 0.3) is 5.97 Å². The second kappa shape index (κ2) is 8.99. The summed E-state index contributed by atoms with van der Waals surface area (Å²) < 4.78 is 4.83. The Hall–Kier alpha value is -1.10. The van der Waals surface area contributed by atoms with E-state index in [2.05, 4.69) is 0 Å². The van der Waals surface area contributed by atoms with Crippen molar-refractivity contribution >= 4 is 11.9 Å². The molecule has 0 saturated heterocycles. The molecular weight excluding hydrogens is 176 g/mol. The molecule has 0 fully saturated rings. The normalized spacial score (nSPS) is 11.0. The van der Waals surface area contributed by atoms with Crippen molar-refractivity contribution in [2.45, 2.75) is 32.8 Å². The van der Waals surface area contributed by atoms with Crippen LogP contribution in [0.3, 0.4) is 0 Å². The number of carboxylic acid groups (broad SMARTS) is 2. The third kappa shape index (κ3) is 18.1. The Morgan fingerprint density at radius 2 is 1.77 bits per heavy atom. The van der Waals surface area contributed by atoms with Gasteiger partial charge in [0.1, 0.15) is 0 Å². The first kappa shape index (κ1) is 14.4. The van der Waals surface area contributed by atoms with Gasteiger partial charge in [0, 0.05) is 14.0 Å². The molecule has 2 N–H and O–H groups in total. The van der Waals surface area contributed by atoms with Crippen LogP contribution in [0.15, 0.2) is 0 Å². The SMILES string of the molecule is CC(=O)O.CCC(CC(=O)O)OC.